The quantitative estimate of drug-likeness (QED) is 0.897. The number of hydrogen-bond donors (Lipinski definition) is 2. The monoisotopic (exact) mass is 342 g/mol. The van der Waals surface area contributed by atoms with Gasteiger partial charge in [-0.3, -0.25) is 9.59 Å². The van der Waals surface area contributed by atoms with Gasteiger partial charge in [-0.25, -0.2) is 13.2 Å². The molecule has 8 heteroatoms. The fraction of sp³-hybridized carbons (Fsp3) is 0.0667. The Morgan fingerprint density at radius 1 is 0.957 bits per heavy atom. The van der Waals surface area contributed by atoms with Gasteiger partial charge in [0.25, 0.3) is 5.91 Å². The highest BCUT2D eigenvalue weighted by atomic mass is 35.5. The number of carbonyl (C=O) groups excluding carboxylic acids is 2. The van der Waals surface area contributed by atoms with E-state index >= 15 is 0 Å². The average Bonchev–Trinajstić information content (AvgIpc) is 2.49. The van der Waals surface area contributed by atoms with E-state index in [4.69, 9.17) is 11.6 Å². The average molecular weight is 343 g/mol. The summed E-state index contributed by atoms with van der Waals surface area (Å²) in [5, 5.41) is 3.98. The molecule has 0 unspecified atom stereocenters. The number of benzene rings is 2. The van der Waals surface area contributed by atoms with Crippen molar-refractivity contribution in [2.75, 3.05) is 11.9 Å². The number of amides is 2. The molecule has 0 aliphatic rings. The molecule has 0 saturated heterocycles. The van der Waals surface area contributed by atoms with Crippen LogP contribution in [-0.4, -0.2) is 18.4 Å². The standard InChI is InChI=1S/C15H10ClF3N2O2/c16-8-3-1-4-9(17)13(8)15(23)20-7-12(22)21-14-10(18)5-2-6-11(14)19/h1-6H,7H2,(H,20,23)(H,21,22). The van der Waals surface area contributed by atoms with Crippen LogP contribution in [0, 0.1) is 17.5 Å². The molecule has 0 aliphatic heterocycles. The largest absolute Gasteiger partial charge is 0.343 e. The van der Waals surface area contributed by atoms with Gasteiger partial charge in [-0.05, 0) is 24.3 Å². The molecular formula is C15H10ClF3N2O2. The minimum absolute atomic E-state index is 0.122. The maximum Gasteiger partial charge on any atom is 0.256 e. The van der Waals surface area contributed by atoms with Crippen LogP contribution in [0.4, 0.5) is 18.9 Å². The van der Waals surface area contributed by atoms with Crippen LogP contribution in [-0.2, 0) is 4.79 Å². The molecule has 2 aromatic carbocycles. The summed E-state index contributed by atoms with van der Waals surface area (Å²) in [5.41, 5.74) is -1.05. The lowest BCUT2D eigenvalue weighted by Gasteiger charge is -2.09. The van der Waals surface area contributed by atoms with Crippen LogP contribution in [0.15, 0.2) is 36.4 Å². The lowest BCUT2D eigenvalue weighted by atomic mass is 10.2. The highest BCUT2D eigenvalue weighted by molar-refractivity contribution is 6.33. The summed E-state index contributed by atoms with van der Waals surface area (Å²) in [6.45, 7) is -0.614. The molecule has 2 N–H and O–H groups in total. The molecule has 23 heavy (non-hydrogen) atoms. The third kappa shape index (κ3) is 4.01. The Morgan fingerprint density at radius 2 is 1.52 bits per heavy atom. The van der Waals surface area contributed by atoms with Gasteiger partial charge in [0.15, 0.2) is 0 Å². The third-order valence-corrected chi connectivity index (χ3v) is 3.14. The van der Waals surface area contributed by atoms with Crippen LogP contribution in [0.5, 0.6) is 0 Å². The molecule has 0 radical (unpaired) electrons. The first kappa shape index (κ1) is 16.8. The summed E-state index contributed by atoms with van der Waals surface area (Å²) in [4.78, 5) is 23.5. The minimum Gasteiger partial charge on any atom is -0.343 e. The molecule has 2 aromatic rings. The molecule has 4 nitrogen and oxygen atoms in total. The number of halogens is 4. The predicted molar refractivity (Wildman–Crippen MR) is 78.7 cm³/mol. The number of carbonyl (C=O) groups is 2. The van der Waals surface area contributed by atoms with Crippen molar-refractivity contribution >= 4 is 29.1 Å². The van der Waals surface area contributed by atoms with Crippen LogP contribution in [0.25, 0.3) is 0 Å². The van der Waals surface area contributed by atoms with E-state index in [0.29, 0.717) is 0 Å². The molecule has 0 fully saturated rings. The molecule has 120 valence electrons. The van der Waals surface area contributed by atoms with Crippen LogP contribution >= 0.6 is 11.6 Å². The maximum atomic E-state index is 13.5. The van der Waals surface area contributed by atoms with Gasteiger partial charge in [0, 0.05) is 0 Å². The van der Waals surface area contributed by atoms with E-state index in [1.807, 2.05) is 5.32 Å². The van der Waals surface area contributed by atoms with Gasteiger partial charge in [-0.2, -0.15) is 0 Å². The fourth-order valence-electron chi connectivity index (χ4n) is 1.76. The molecule has 0 heterocycles. The Morgan fingerprint density at radius 3 is 2.13 bits per heavy atom. The fourth-order valence-corrected chi connectivity index (χ4v) is 2.01. The van der Waals surface area contributed by atoms with E-state index in [-0.39, 0.29) is 5.02 Å². The zero-order valence-corrected chi connectivity index (χ0v) is 12.3. The van der Waals surface area contributed by atoms with E-state index in [1.54, 1.807) is 0 Å². The molecule has 0 bridgehead atoms. The van der Waals surface area contributed by atoms with Gasteiger partial charge in [-0.15, -0.1) is 0 Å². The molecule has 2 amide bonds. The van der Waals surface area contributed by atoms with Gasteiger partial charge in [0.2, 0.25) is 5.91 Å². The van der Waals surface area contributed by atoms with E-state index < -0.39 is 47.1 Å². The van der Waals surface area contributed by atoms with Crippen LogP contribution < -0.4 is 10.6 Å². The predicted octanol–water partition coefficient (Wildman–Crippen LogP) is 3.13. The summed E-state index contributed by atoms with van der Waals surface area (Å²) in [6.07, 6.45) is 0. The molecule has 0 aliphatic carbocycles. The molecular weight excluding hydrogens is 333 g/mol. The Balaban J connectivity index is 2.01. The lowest BCUT2D eigenvalue weighted by molar-refractivity contribution is -0.115. The van der Waals surface area contributed by atoms with Gasteiger partial charge in [0.05, 0.1) is 17.1 Å². The van der Waals surface area contributed by atoms with Crippen molar-refractivity contribution in [1.29, 1.82) is 0 Å². The van der Waals surface area contributed by atoms with Gasteiger partial charge in [0.1, 0.15) is 23.1 Å². The van der Waals surface area contributed by atoms with Crippen molar-refractivity contribution in [3.8, 4) is 0 Å². The van der Waals surface area contributed by atoms with Gasteiger partial charge < -0.3 is 10.6 Å². The van der Waals surface area contributed by atoms with Crippen molar-refractivity contribution in [3.05, 3.63) is 64.4 Å². The number of para-hydroxylation sites is 1. The first-order valence-corrected chi connectivity index (χ1v) is 6.74. The summed E-state index contributed by atoms with van der Waals surface area (Å²) in [7, 11) is 0. The minimum atomic E-state index is -0.957. The smallest absolute Gasteiger partial charge is 0.256 e. The van der Waals surface area contributed by atoms with E-state index in [2.05, 4.69) is 5.32 Å². The normalized spacial score (nSPS) is 10.3. The number of rotatable bonds is 4. The Hall–Kier alpha value is -2.54. The summed E-state index contributed by atoms with van der Waals surface area (Å²) < 4.78 is 40.3. The summed E-state index contributed by atoms with van der Waals surface area (Å²) >= 11 is 5.71. The van der Waals surface area contributed by atoms with E-state index in [0.717, 1.165) is 24.3 Å². The number of anilines is 1. The molecule has 2 rings (SSSR count). The molecule has 0 spiro atoms. The Kier molecular flexibility index (Phi) is 5.23. The highest BCUT2D eigenvalue weighted by Crippen LogP contribution is 2.19. The zero-order valence-electron chi connectivity index (χ0n) is 11.5. The summed E-state index contributed by atoms with van der Waals surface area (Å²) in [6, 6.07) is 6.75. The van der Waals surface area contributed by atoms with Gasteiger partial charge in [-0.1, -0.05) is 23.7 Å². The first-order chi connectivity index (χ1) is 10.9. The second kappa shape index (κ2) is 7.15. The van der Waals surface area contributed by atoms with Crippen molar-refractivity contribution in [2.24, 2.45) is 0 Å². The first-order valence-electron chi connectivity index (χ1n) is 6.36. The van der Waals surface area contributed by atoms with Crippen LogP contribution in [0.1, 0.15) is 10.4 Å². The number of hydrogen-bond acceptors (Lipinski definition) is 2. The topological polar surface area (TPSA) is 58.2 Å². The van der Waals surface area contributed by atoms with Crippen molar-refractivity contribution in [3.63, 3.8) is 0 Å². The second-order valence-corrected chi connectivity index (χ2v) is 4.83. The molecule has 0 atom stereocenters. The number of nitrogens with one attached hydrogen (secondary N) is 2. The van der Waals surface area contributed by atoms with E-state index in [9.17, 15) is 22.8 Å². The third-order valence-electron chi connectivity index (χ3n) is 2.83. The SMILES string of the molecule is O=C(CNC(=O)c1c(F)cccc1Cl)Nc1c(F)cccc1F. The lowest BCUT2D eigenvalue weighted by Crippen LogP contribution is -2.33. The Labute approximate surface area is 134 Å². The van der Waals surface area contributed by atoms with Crippen LogP contribution in [0.3, 0.4) is 0 Å². The molecule has 0 saturated carbocycles. The van der Waals surface area contributed by atoms with Crippen molar-refractivity contribution in [1.82, 2.24) is 5.32 Å². The second-order valence-electron chi connectivity index (χ2n) is 4.42. The van der Waals surface area contributed by atoms with Gasteiger partial charge >= 0.3 is 0 Å². The van der Waals surface area contributed by atoms with Crippen molar-refractivity contribution in [2.45, 2.75) is 0 Å². The van der Waals surface area contributed by atoms with Crippen LogP contribution in [0.2, 0.25) is 5.02 Å². The Bertz CT molecular complexity index is 728. The molecule has 0 aromatic heterocycles. The zero-order chi connectivity index (χ0) is 17.0. The highest BCUT2D eigenvalue weighted by Gasteiger charge is 2.17. The van der Waals surface area contributed by atoms with Crippen molar-refractivity contribution < 1.29 is 22.8 Å². The maximum absolute atomic E-state index is 13.5. The summed E-state index contributed by atoms with van der Waals surface area (Å²) in [5.74, 6) is -4.56. The van der Waals surface area contributed by atoms with E-state index in [1.165, 1.54) is 12.1 Å².